The van der Waals surface area contributed by atoms with Crippen molar-refractivity contribution in [1.29, 1.82) is 5.41 Å². The van der Waals surface area contributed by atoms with Crippen LogP contribution in [0.25, 0.3) is 0 Å². The standard InChI is InChI=1S/C10H19NS/c1-6-7-9(10(3,4)5)12-8(2)11/h7,11H,6H2,1-5H3/b9-7-,11-8?. The average molecular weight is 185 g/mol. The normalized spacial score (nSPS) is 13.2. The summed E-state index contributed by atoms with van der Waals surface area (Å²) in [7, 11) is 0. The molecule has 0 saturated heterocycles. The highest BCUT2D eigenvalue weighted by molar-refractivity contribution is 8.17. The van der Waals surface area contributed by atoms with Crippen LogP contribution in [-0.4, -0.2) is 5.04 Å². The van der Waals surface area contributed by atoms with Crippen LogP contribution in [0.1, 0.15) is 41.0 Å². The van der Waals surface area contributed by atoms with Crippen molar-refractivity contribution in [3.05, 3.63) is 11.0 Å². The van der Waals surface area contributed by atoms with Gasteiger partial charge in [0.15, 0.2) is 0 Å². The molecule has 0 radical (unpaired) electrons. The van der Waals surface area contributed by atoms with E-state index in [2.05, 4.69) is 33.8 Å². The lowest BCUT2D eigenvalue weighted by Crippen LogP contribution is -2.07. The van der Waals surface area contributed by atoms with Gasteiger partial charge in [-0.05, 0) is 23.7 Å². The van der Waals surface area contributed by atoms with E-state index < -0.39 is 0 Å². The molecule has 0 aliphatic rings. The summed E-state index contributed by atoms with van der Waals surface area (Å²) in [5, 5.41) is 8.08. The minimum atomic E-state index is 0.184. The van der Waals surface area contributed by atoms with E-state index in [-0.39, 0.29) is 5.41 Å². The molecular formula is C10H19NS. The molecule has 2 heteroatoms. The van der Waals surface area contributed by atoms with Gasteiger partial charge in [0, 0.05) is 0 Å². The Hall–Kier alpha value is -0.240. The Morgan fingerprint density at radius 2 is 1.92 bits per heavy atom. The second-order valence-corrected chi connectivity index (χ2v) is 5.14. The van der Waals surface area contributed by atoms with Gasteiger partial charge in [0.1, 0.15) is 0 Å². The number of hydrogen-bond donors (Lipinski definition) is 1. The van der Waals surface area contributed by atoms with E-state index in [0.717, 1.165) is 6.42 Å². The second kappa shape index (κ2) is 4.70. The van der Waals surface area contributed by atoms with Crippen LogP contribution in [0.3, 0.4) is 0 Å². The molecule has 0 aromatic rings. The quantitative estimate of drug-likeness (QED) is 0.509. The molecule has 0 atom stereocenters. The van der Waals surface area contributed by atoms with Gasteiger partial charge >= 0.3 is 0 Å². The molecule has 0 spiro atoms. The molecular weight excluding hydrogens is 166 g/mol. The average Bonchev–Trinajstić information content (AvgIpc) is 1.83. The molecule has 1 nitrogen and oxygen atoms in total. The molecule has 12 heavy (non-hydrogen) atoms. The first kappa shape index (κ1) is 11.8. The van der Waals surface area contributed by atoms with Crippen LogP contribution in [-0.2, 0) is 0 Å². The number of thioether (sulfide) groups is 1. The molecule has 0 aliphatic heterocycles. The first-order chi connectivity index (χ1) is 5.38. The minimum Gasteiger partial charge on any atom is -0.298 e. The summed E-state index contributed by atoms with van der Waals surface area (Å²) in [6.07, 6.45) is 3.26. The van der Waals surface area contributed by atoms with Gasteiger partial charge in [0.05, 0.1) is 5.04 Å². The largest absolute Gasteiger partial charge is 0.298 e. The van der Waals surface area contributed by atoms with Gasteiger partial charge in [-0.15, -0.1) is 0 Å². The molecule has 0 bridgehead atoms. The first-order valence-electron chi connectivity index (χ1n) is 4.31. The molecule has 0 unspecified atom stereocenters. The highest BCUT2D eigenvalue weighted by Crippen LogP contribution is 2.35. The van der Waals surface area contributed by atoms with Crippen molar-refractivity contribution < 1.29 is 0 Å². The fourth-order valence-electron chi connectivity index (χ4n) is 0.851. The third kappa shape index (κ3) is 4.60. The van der Waals surface area contributed by atoms with Gasteiger partial charge in [-0.1, -0.05) is 45.5 Å². The van der Waals surface area contributed by atoms with Crippen molar-refractivity contribution in [2.75, 3.05) is 0 Å². The predicted molar refractivity (Wildman–Crippen MR) is 58.8 cm³/mol. The van der Waals surface area contributed by atoms with Gasteiger partial charge in [-0.2, -0.15) is 0 Å². The maximum Gasteiger partial charge on any atom is 0.0655 e. The lowest BCUT2D eigenvalue weighted by molar-refractivity contribution is 0.532. The molecule has 0 saturated carbocycles. The SMILES string of the molecule is CC/C=C(\SC(C)=N)C(C)(C)C. The summed E-state index contributed by atoms with van der Waals surface area (Å²) >= 11 is 1.58. The van der Waals surface area contributed by atoms with E-state index in [0.29, 0.717) is 5.04 Å². The Balaban J connectivity index is 4.46. The van der Waals surface area contributed by atoms with Crippen LogP contribution in [0.5, 0.6) is 0 Å². The Labute approximate surface area is 80.1 Å². The molecule has 0 amide bonds. The van der Waals surface area contributed by atoms with Crippen LogP contribution in [0, 0.1) is 10.8 Å². The Bertz CT molecular complexity index is 187. The number of rotatable bonds is 2. The van der Waals surface area contributed by atoms with Gasteiger partial charge in [-0.3, -0.25) is 5.41 Å². The van der Waals surface area contributed by atoms with E-state index in [1.807, 2.05) is 6.92 Å². The molecule has 0 aromatic carbocycles. The Morgan fingerprint density at radius 1 is 1.42 bits per heavy atom. The van der Waals surface area contributed by atoms with E-state index in [4.69, 9.17) is 5.41 Å². The molecule has 0 aliphatic carbocycles. The summed E-state index contributed by atoms with van der Waals surface area (Å²) in [6.45, 7) is 10.5. The molecule has 1 N–H and O–H groups in total. The van der Waals surface area contributed by atoms with Gasteiger partial charge < -0.3 is 0 Å². The fraction of sp³-hybridized carbons (Fsp3) is 0.700. The number of hydrogen-bond acceptors (Lipinski definition) is 2. The van der Waals surface area contributed by atoms with Crippen molar-refractivity contribution in [2.24, 2.45) is 5.41 Å². The van der Waals surface area contributed by atoms with Crippen molar-refractivity contribution >= 4 is 16.8 Å². The van der Waals surface area contributed by atoms with Crippen molar-refractivity contribution in [2.45, 2.75) is 41.0 Å². The third-order valence-electron chi connectivity index (χ3n) is 1.39. The summed E-state index contributed by atoms with van der Waals surface area (Å²) in [6, 6.07) is 0. The van der Waals surface area contributed by atoms with Crippen LogP contribution < -0.4 is 0 Å². The summed E-state index contributed by atoms with van der Waals surface area (Å²) in [4.78, 5) is 1.30. The smallest absolute Gasteiger partial charge is 0.0655 e. The summed E-state index contributed by atoms with van der Waals surface area (Å²) < 4.78 is 0. The number of allylic oxidation sites excluding steroid dienone is 2. The molecule has 0 aromatic heterocycles. The molecule has 0 heterocycles. The lowest BCUT2D eigenvalue weighted by Gasteiger charge is -2.21. The van der Waals surface area contributed by atoms with Crippen LogP contribution in [0.2, 0.25) is 0 Å². The zero-order valence-electron chi connectivity index (χ0n) is 8.69. The van der Waals surface area contributed by atoms with Gasteiger partial charge in [-0.25, -0.2) is 0 Å². The highest BCUT2D eigenvalue weighted by Gasteiger charge is 2.17. The predicted octanol–water partition coefficient (Wildman–Crippen LogP) is 4.06. The van der Waals surface area contributed by atoms with E-state index in [9.17, 15) is 0 Å². The van der Waals surface area contributed by atoms with Gasteiger partial charge in [0.25, 0.3) is 0 Å². The second-order valence-electron chi connectivity index (χ2n) is 3.88. The Morgan fingerprint density at radius 3 is 2.17 bits per heavy atom. The Kier molecular flexibility index (Phi) is 4.61. The van der Waals surface area contributed by atoms with E-state index >= 15 is 0 Å². The van der Waals surface area contributed by atoms with Crippen molar-refractivity contribution in [3.63, 3.8) is 0 Å². The minimum absolute atomic E-state index is 0.184. The van der Waals surface area contributed by atoms with Crippen LogP contribution in [0.4, 0.5) is 0 Å². The summed E-state index contributed by atoms with van der Waals surface area (Å²) in [5.74, 6) is 0. The van der Waals surface area contributed by atoms with E-state index in [1.165, 1.54) is 4.91 Å². The molecule has 0 fully saturated rings. The van der Waals surface area contributed by atoms with Crippen molar-refractivity contribution in [1.82, 2.24) is 0 Å². The summed E-state index contributed by atoms with van der Waals surface area (Å²) in [5.41, 5.74) is 0.184. The molecule has 0 rings (SSSR count). The highest BCUT2D eigenvalue weighted by atomic mass is 32.2. The van der Waals surface area contributed by atoms with Crippen LogP contribution >= 0.6 is 11.8 Å². The number of nitrogens with one attached hydrogen (secondary N) is 1. The zero-order valence-corrected chi connectivity index (χ0v) is 9.51. The third-order valence-corrected chi connectivity index (χ3v) is 2.70. The first-order valence-corrected chi connectivity index (χ1v) is 5.13. The van der Waals surface area contributed by atoms with Crippen molar-refractivity contribution in [3.8, 4) is 0 Å². The van der Waals surface area contributed by atoms with E-state index in [1.54, 1.807) is 11.8 Å². The zero-order chi connectivity index (χ0) is 9.78. The maximum atomic E-state index is 7.41. The lowest BCUT2D eigenvalue weighted by atomic mass is 9.95. The van der Waals surface area contributed by atoms with Gasteiger partial charge in [0.2, 0.25) is 0 Å². The topological polar surface area (TPSA) is 23.9 Å². The van der Waals surface area contributed by atoms with Crippen LogP contribution in [0.15, 0.2) is 11.0 Å². The maximum absolute atomic E-state index is 7.41. The molecule has 70 valence electrons. The monoisotopic (exact) mass is 185 g/mol. The fourth-order valence-corrected chi connectivity index (χ4v) is 1.74.